The van der Waals surface area contributed by atoms with E-state index in [4.69, 9.17) is 15.6 Å². The number of carboxylic acids is 1. The number of nitrogens with one attached hydrogen (secondary N) is 1. The Bertz CT molecular complexity index is 483. The lowest BCUT2D eigenvalue weighted by atomic mass is 9.97. The Morgan fingerprint density at radius 1 is 1.32 bits per heavy atom. The quantitative estimate of drug-likeness (QED) is 0.684. The molecular formula is C16H24N2O4. The number of hydrogen-bond acceptors (Lipinski definition) is 4. The number of carboxylic acid groups (broad SMARTS) is 1. The van der Waals surface area contributed by atoms with E-state index in [1.807, 2.05) is 44.2 Å². The molecule has 122 valence electrons. The number of aliphatic carboxylic acids is 1. The van der Waals surface area contributed by atoms with Crippen LogP contribution < -0.4 is 11.1 Å². The molecule has 6 nitrogen and oxygen atoms in total. The number of nitrogens with two attached hydrogens (primary N) is 1. The highest BCUT2D eigenvalue weighted by atomic mass is 16.5. The summed E-state index contributed by atoms with van der Waals surface area (Å²) in [4.78, 5) is 22.8. The van der Waals surface area contributed by atoms with E-state index in [1.54, 1.807) is 0 Å². The van der Waals surface area contributed by atoms with Gasteiger partial charge in [0.15, 0.2) is 0 Å². The monoisotopic (exact) mass is 308 g/mol. The van der Waals surface area contributed by atoms with Crippen LogP contribution in [-0.4, -0.2) is 28.7 Å². The maximum atomic E-state index is 11.7. The Balaban J connectivity index is 2.39. The zero-order chi connectivity index (χ0) is 16.6. The van der Waals surface area contributed by atoms with Crippen molar-refractivity contribution >= 4 is 12.1 Å². The summed E-state index contributed by atoms with van der Waals surface area (Å²) in [6.45, 7) is 3.86. The minimum absolute atomic E-state index is 0.106. The van der Waals surface area contributed by atoms with Gasteiger partial charge in [0.1, 0.15) is 12.6 Å². The zero-order valence-corrected chi connectivity index (χ0v) is 13.0. The summed E-state index contributed by atoms with van der Waals surface area (Å²) in [6.07, 6.45) is 0.871. The van der Waals surface area contributed by atoms with Crippen molar-refractivity contribution in [3.8, 4) is 0 Å². The third kappa shape index (κ3) is 7.64. The van der Waals surface area contributed by atoms with Crippen molar-refractivity contribution in [3.05, 3.63) is 35.9 Å². The molecule has 0 saturated heterocycles. The van der Waals surface area contributed by atoms with Gasteiger partial charge in [0.2, 0.25) is 0 Å². The van der Waals surface area contributed by atoms with Crippen molar-refractivity contribution in [2.24, 2.45) is 5.73 Å². The lowest BCUT2D eigenvalue weighted by Gasteiger charge is -2.20. The first-order valence-corrected chi connectivity index (χ1v) is 7.27. The third-order valence-electron chi connectivity index (χ3n) is 3.12. The summed E-state index contributed by atoms with van der Waals surface area (Å²) >= 11 is 0. The Labute approximate surface area is 130 Å². The van der Waals surface area contributed by atoms with Crippen LogP contribution in [0.2, 0.25) is 0 Å². The van der Waals surface area contributed by atoms with E-state index in [0.717, 1.165) is 5.56 Å². The van der Waals surface area contributed by atoms with Gasteiger partial charge in [-0.1, -0.05) is 30.3 Å². The molecule has 22 heavy (non-hydrogen) atoms. The molecule has 0 unspecified atom stereocenters. The van der Waals surface area contributed by atoms with E-state index in [-0.39, 0.29) is 12.1 Å². The Kier molecular flexibility index (Phi) is 6.85. The van der Waals surface area contributed by atoms with Gasteiger partial charge in [-0.15, -0.1) is 0 Å². The molecule has 0 radical (unpaired) electrons. The number of alkyl carbamates (subject to hydrolysis) is 1. The number of hydrogen-bond donors (Lipinski definition) is 3. The van der Waals surface area contributed by atoms with Crippen LogP contribution in [0.15, 0.2) is 30.3 Å². The third-order valence-corrected chi connectivity index (χ3v) is 3.12. The van der Waals surface area contributed by atoms with Crippen molar-refractivity contribution in [1.29, 1.82) is 0 Å². The van der Waals surface area contributed by atoms with E-state index in [1.165, 1.54) is 0 Å². The largest absolute Gasteiger partial charge is 0.480 e. The van der Waals surface area contributed by atoms with Crippen molar-refractivity contribution in [2.45, 2.75) is 51.3 Å². The molecule has 0 aliphatic carbocycles. The predicted octanol–water partition coefficient (Wildman–Crippen LogP) is 2.27. The summed E-state index contributed by atoms with van der Waals surface area (Å²) in [5.41, 5.74) is 6.34. The smallest absolute Gasteiger partial charge is 0.408 e. The number of rotatable bonds is 8. The van der Waals surface area contributed by atoms with Crippen LogP contribution in [-0.2, 0) is 16.1 Å². The molecule has 1 aromatic carbocycles. The predicted molar refractivity (Wildman–Crippen MR) is 83.3 cm³/mol. The highest BCUT2D eigenvalue weighted by Crippen LogP contribution is 2.11. The molecule has 4 N–H and O–H groups in total. The molecule has 0 aliphatic rings. The second-order valence-corrected chi connectivity index (χ2v) is 5.98. The summed E-state index contributed by atoms with van der Waals surface area (Å²) in [5.74, 6) is -1.08. The number of benzene rings is 1. The van der Waals surface area contributed by atoms with Crippen molar-refractivity contribution < 1.29 is 19.4 Å². The first-order valence-electron chi connectivity index (χ1n) is 7.27. The standard InChI is InChI=1S/C16H24N2O4/c1-16(2,17)10-6-9-13(14(19)20)18-15(21)22-11-12-7-4-3-5-8-12/h3-5,7-8,13H,6,9-11,17H2,1-2H3,(H,18,21)(H,19,20)/t13-/m0/s1. The van der Waals surface area contributed by atoms with Gasteiger partial charge in [-0.05, 0) is 38.7 Å². The van der Waals surface area contributed by atoms with E-state index >= 15 is 0 Å². The second kappa shape index (κ2) is 8.38. The maximum Gasteiger partial charge on any atom is 0.408 e. The van der Waals surface area contributed by atoms with Crippen molar-refractivity contribution in [1.82, 2.24) is 5.32 Å². The van der Waals surface area contributed by atoms with Crippen LogP contribution in [0, 0.1) is 0 Å². The van der Waals surface area contributed by atoms with Crippen LogP contribution in [0.4, 0.5) is 4.79 Å². The van der Waals surface area contributed by atoms with Crippen LogP contribution in [0.25, 0.3) is 0 Å². The summed E-state index contributed by atoms with van der Waals surface area (Å²) in [7, 11) is 0. The fourth-order valence-electron chi connectivity index (χ4n) is 1.93. The number of amides is 1. The zero-order valence-electron chi connectivity index (χ0n) is 13.0. The number of ether oxygens (including phenoxy) is 1. The van der Waals surface area contributed by atoms with Gasteiger partial charge in [0, 0.05) is 5.54 Å². The van der Waals surface area contributed by atoms with Gasteiger partial charge in [0.25, 0.3) is 0 Å². The van der Waals surface area contributed by atoms with Crippen LogP contribution in [0.1, 0.15) is 38.7 Å². The molecule has 1 rings (SSSR count). The molecule has 1 amide bonds. The lowest BCUT2D eigenvalue weighted by Crippen LogP contribution is -2.41. The molecule has 1 atom stereocenters. The van der Waals surface area contributed by atoms with Crippen LogP contribution in [0.3, 0.4) is 0 Å². The molecule has 0 spiro atoms. The number of carbonyl (C=O) groups is 2. The molecule has 0 fully saturated rings. The van der Waals surface area contributed by atoms with Crippen molar-refractivity contribution in [3.63, 3.8) is 0 Å². The number of carbonyl (C=O) groups excluding carboxylic acids is 1. The van der Waals surface area contributed by atoms with Gasteiger partial charge >= 0.3 is 12.1 Å². The van der Waals surface area contributed by atoms with E-state index in [2.05, 4.69) is 5.32 Å². The van der Waals surface area contributed by atoms with Gasteiger partial charge in [0.05, 0.1) is 0 Å². The molecule has 0 aliphatic heterocycles. The Morgan fingerprint density at radius 3 is 2.50 bits per heavy atom. The van der Waals surface area contributed by atoms with Crippen LogP contribution in [0.5, 0.6) is 0 Å². The first-order chi connectivity index (χ1) is 10.3. The molecule has 0 saturated carbocycles. The Hall–Kier alpha value is -2.08. The average Bonchev–Trinajstić information content (AvgIpc) is 2.43. The maximum absolute atomic E-state index is 11.7. The fraction of sp³-hybridized carbons (Fsp3) is 0.500. The van der Waals surface area contributed by atoms with Gasteiger partial charge in [-0.25, -0.2) is 9.59 Å². The summed E-state index contributed by atoms with van der Waals surface area (Å²) in [6, 6.07) is 8.22. The highest BCUT2D eigenvalue weighted by molar-refractivity contribution is 5.79. The molecule has 0 heterocycles. The Morgan fingerprint density at radius 2 is 1.95 bits per heavy atom. The van der Waals surface area contributed by atoms with Crippen LogP contribution >= 0.6 is 0 Å². The fourth-order valence-corrected chi connectivity index (χ4v) is 1.93. The van der Waals surface area contributed by atoms with Gasteiger partial charge in [-0.3, -0.25) is 0 Å². The average molecular weight is 308 g/mol. The highest BCUT2D eigenvalue weighted by Gasteiger charge is 2.21. The van der Waals surface area contributed by atoms with E-state index < -0.39 is 18.1 Å². The summed E-state index contributed by atoms with van der Waals surface area (Å²) in [5, 5.41) is 11.5. The van der Waals surface area contributed by atoms with Gasteiger partial charge < -0.3 is 20.9 Å². The molecule has 0 aromatic heterocycles. The van der Waals surface area contributed by atoms with E-state index in [9.17, 15) is 9.59 Å². The molecule has 0 bridgehead atoms. The molecular weight excluding hydrogens is 284 g/mol. The minimum Gasteiger partial charge on any atom is -0.480 e. The second-order valence-electron chi connectivity index (χ2n) is 5.98. The first kappa shape index (κ1) is 18.0. The lowest BCUT2D eigenvalue weighted by molar-refractivity contribution is -0.139. The van der Waals surface area contributed by atoms with Crippen molar-refractivity contribution in [2.75, 3.05) is 0 Å². The molecule has 6 heteroatoms. The van der Waals surface area contributed by atoms with Gasteiger partial charge in [-0.2, -0.15) is 0 Å². The SMILES string of the molecule is CC(C)(N)CCC[C@H](NC(=O)OCc1ccccc1)C(=O)O. The summed E-state index contributed by atoms with van der Waals surface area (Å²) < 4.78 is 5.02. The minimum atomic E-state index is -1.08. The normalized spacial score (nSPS) is 12.5. The molecule has 1 aromatic rings. The topological polar surface area (TPSA) is 102 Å². The van der Waals surface area contributed by atoms with E-state index in [0.29, 0.717) is 19.3 Å².